The lowest BCUT2D eigenvalue weighted by Crippen LogP contribution is -2.44. The molecule has 1 aliphatic heterocycles. The number of carbonyl (C=O) groups excluding carboxylic acids is 1. The van der Waals surface area contributed by atoms with Crippen molar-refractivity contribution >= 4 is 33.3 Å². The second-order valence-corrected chi connectivity index (χ2v) is 12.3. The van der Waals surface area contributed by atoms with Gasteiger partial charge in [-0.3, -0.25) is 13.8 Å². The van der Waals surface area contributed by atoms with E-state index in [2.05, 4.69) is 11.2 Å². The first kappa shape index (κ1) is 25.3. The fourth-order valence-electron chi connectivity index (χ4n) is 4.13. The summed E-state index contributed by atoms with van der Waals surface area (Å²) < 4.78 is 41.9. The van der Waals surface area contributed by atoms with E-state index in [9.17, 15) is 18.5 Å². The number of halogens is 1. The van der Waals surface area contributed by atoms with Crippen molar-refractivity contribution in [3.05, 3.63) is 35.1 Å². The highest BCUT2D eigenvalue weighted by Gasteiger charge is 2.47. The number of hydrogen-bond donors (Lipinski definition) is 0. The number of aryl methyl sites for hydroxylation is 1. The summed E-state index contributed by atoms with van der Waals surface area (Å²) in [4.78, 5) is 12.3. The van der Waals surface area contributed by atoms with Crippen LogP contribution in [0.2, 0.25) is 5.15 Å². The van der Waals surface area contributed by atoms with Crippen molar-refractivity contribution in [2.45, 2.75) is 76.5 Å². The molecule has 1 aromatic heterocycles. The summed E-state index contributed by atoms with van der Waals surface area (Å²) in [6.45, 7) is 7.67. The number of sulfonamides is 1. The van der Waals surface area contributed by atoms with E-state index in [0.29, 0.717) is 30.0 Å². The SMILES string of the molecule is CCn1cc(S(=O)(=O)N2C[C@H](CC3(C#N)CC3)Oc3ccc(CC(=O)OC(C)(C)C)cc32)c(Cl)n1. The number of ether oxygens (including phenoxy) is 2. The third-order valence-corrected chi connectivity index (χ3v) is 8.18. The van der Waals surface area contributed by atoms with Gasteiger partial charge < -0.3 is 9.47 Å². The molecule has 2 aliphatic rings. The third-order valence-electron chi connectivity index (χ3n) is 6.01. The number of hydrogen-bond acceptors (Lipinski definition) is 7. The Kier molecular flexibility index (Phi) is 6.53. The first-order valence-electron chi connectivity index (χ1n) is 11.5. The maximum absolute atomic E-state index is 13.8. The predicted octanol–water partition coefficient (Wildman–Crippen LogP) is 4.09. The van der Waals surface area contributed by atoms with Crippen molar-refractivity contribution in [2.24, 2.45) is 5.41 Å². The van der Waals surface area contributed by atoms with Crippen molar-refractivity contribution in [3.63, 3.8) is 0 Å². The number of anilines is 1. The zero-order valence-electron chi connectivity index (χ0n) is 20.2. The molecule has 0 spiro atoms. The molecule has 188 valence electrons. The van der Waals surface area contributed by atoms with Crippen molar-refractivity contribution in [2.75, 3.05) is 10.8 Å². The van der Waals surface area contributed by atoms with E-state index in [0.717, 1.165) is 12.8 Å². The van der Waals surface area contributed by atoms with Crippen LogP contribution in [0, 0.1) is 16.7 Å². The molecular weight excluding hydrogens is 492 g/mol. The summed E-state index contributed by atoms with van der Waals surface area (Å²) >= 11 is 6.22. The molecule has 1 saturated carbocycles. The lowest BCUT2D eigenvalue weighted by atomic mass is 9.99. The van der Waals surface area contributed by atoms with Crippen LogP contribution in [0.3, 0.4) is 0 Å². The maximum atomic E-state index is 13.8. The quantitative estimate of drug-likeness (QED) is 0.505. The maximum Gasteiger partial charge on any atom is 0.310 e. The molecular formula is C24H29ClN4O5S. The Morgan fingerprint density at radius 1 is 1.37 bits per heavy atom. The summed E-state index contributed by atoms with van der Waals surface area (Å²) in [6.07, 6.45) is 2.85. The normalized spacial score (nSPS) is 18.9. The van der Waals surface area contributed by atoms with Gasteiger partial charge >= 0.3 is 5.97 Å². The highest BCUT2D eigenvalue weighted by molar-refractivity contribution is 7.93. The molecule has 2 heterocycles. The molecule has 9 nitrogen and oxygen atoms in total. The van der Waals surface area contributed by atoms with Gasteiger partial charge in [-0.2, -0.15) is 10.4 Å². The minimum absolute atomic E-state index is 0.0162. The van der Waals surface area contributed by atoms with E-state index >= 15 is 0 Å². The fourth-order valence-corrected chi connectivity index (χ4v) is 6.08. The van der Waals surface area contributed by atoms with Crippen molar-refractivity contribution in [1.82, 2.24) is 9.78 Å². The van der Waals surface area contributed by atoms with Crippen molar-refractivity contribution in [1.29, 1.82) is 5.26 Å². The van der Waals surface area contributed by atoms with Gasteiger partial charge in [-0.25, -0.2) is 8.42 Å². The average Bonchev–Trinajstić information content (AvgIpc) is 3.43. The van der Waals surface area contributed by atoms with E-state index in [4.69, 9.17) is 21.1 Å². The highest BCUT2D eigenvalue weighted by Crippen LogP contribution is 2.50. The van der Waals surface area contributed by atoms with Crippen LogP contribution < -0.4 is 9.04 Å². The van der Waals surface area contributed by atoms with Crippen LogP contribution in [0.5, 0.6) is 5.75 Å². The lowest BCUT2D eigenvalue weighted by Gasteiger charge is -2.36. The molecule has 0 radical (unpaired) electrons. The van der Waals surface area contributed by atoms with Gasteiger partial charge in [-0.15, -0.1) is 0 Å². The molecule has 2 aromatic rings. The Morgan fingerprint density at radius 3 is 2.66 bits per heavy atom. The Hall–Kier alpha value is -2.77. The largest absolute Gasteiger partial charge is 0.486 e. The molecule has 35 heavy (non-hydrogen) atoms. The van der Waals surface area contributed by atoms with Gasteiger partial charge in [0, 0.05) is 19.2 Å². The number of esters is 1. The summed E-state index contributed by atoms with van der Waals surface area (Å²) in [7, 11) is -4.11. The molecule has 0 N–H and O–H groups in total. The van der Waals surface area contributed by atoms with Gasteiger partial charge in [0.2, 0.25) is 0 Å². The number of nitriles is 1. The molecule has 0 bridgehead atoms. The Morgan fingerprint density at radius 2 is 2.09 bits per heavy atom. The molecule has 1 aromatic carbocycles. The molecule has 1 aliphatic carbocycles. The Labute approximate surface area is 210 Å². The fraction of sp³-hybridized carbons (Fsp3) is 0.542. The molecule has 0 amide bonds. The average molecular weight is 521 g/mol. The molecule has 4 rings (SSSR count). The number of benzene rings is 1. The van der Waals surface area contributed by atoms with Crippen molar-refractivity contribution in [3.8, 4) is 11.8 Å². The van der Waals surface area contributed by atoms with Crippen LogP contribution in [0.25, 0.3) is 0 Å². The molecule has 1 fully saturated rings. The summed E-state index contributed by atoms with van der Waals surface area (Å²) in [5, 5.41) is 13.5. The topological polar surface area (TPSA) is 115 Å². The minimum Gasteiger partial charge on any atom is -0.486 e. The first-order valence-corrected chi connectivity index (χ1v) is 13.4. The summed E-state index contributed by atoms with van der Waals surface area (Å²) in [5.41, 5.74) is -0.207. The van der Waals surface area contributed by atoms with Gasteiger partial charge in [0.1, 0.15) is 22.4 Å². The summed E-state index contributed by atoms with van der Waals surface area (Å²) in [6, 6.07) is 7.35. The standard InChI is InChI=1S/C24H29ClN4O5S/c1-5-28-14-20(22(25)27-28)35(31,32)29-13-17(12-24(15-26)8-9-24)33-19-7-6-16(10-18(19)29)11-21(30)34-23(2,3)4/h6-7,10,14,17H,5,8-9,11-13H2,1-4H3/t17-/m0/s1. The summed E-state index contributed by atoms with van der Waals surface area (Å²) in [5.74, 6) is -0.0519. The number of nitrogens with zero attached hydrogens (tertiary/aromatic N) is 4. The van der Waals surface area contributed by atoms with Gasteiger partial charge in [0.25, 0.3) is 10.0 Å². The number of rotatable bonds is 7. The van der Waals surface area contributed by atoms with Crippen LogP contribution in [-0.2, 0) is 32.5 Å². The molecule has 11 heteroatoms. The molecule has 1 atom stereocenters. The van der Waals surface area contributed by atoms with E-state index in [-0.39, 0.29) is 23.0 Å². The van der Waals surface area contributed by atoms with Crippen LogP contribution in [0.4, 0.5) is 5.69 Å². The van der Waals surface area contributed by atoms with E-state index in [1.807, 2.05) is 6.92 Å². The Bertz CT molecular complexity index is 1290. The zero-order chi connectivity index (χ0) is 25.6. The lowest BCUT2D eigenvalue weighted by molar-refractivity contribution is -0.153. The molecule has 0 unspecified atom stereocenters. The van der Waals surface area contributed by atoms with Crippen molar-refractivity contribution < 1.29 is 22.7 Å². The number of aromatic nitrogens is 2. The molecule has 0 saturated heterocycles. The number of carbonyl (C=O) groups is 1. The van der Waals surface area contributed by atoms with E-state index in [1.165, 1.54) is 15.2 Å². The highest BCUT2D eigenvalue weighted by atomic mass is 35.5. The number of fused-ring (bicyclic) bond motifs is 1. The third kappa shape index (κ3) is 5.41. The first-order chi connectivity index (χ1) is 16.4. The Balaban J connectivity index is 1.71. The van der Waals surface area contributed by atoms with Gasteiger partial charge in [0.15, 0.2) is 5.15 Å². The monoisotopic (exact) mass is 520 g/mol. The van der Waals surface area contributed by atoms with E-state index < -0.39 is 33.1 Å². The minimum atomic E-state index is -4.11. The van der Waals surface area contributed by atoms with Gasteiger partial charge in [-0.1, -0.05) is 17.7 Å². The predicted molar refractivity (Wildman–Crippen MR) is 130 cm³/mol. The second-order valence-electron chi connectivity index (χ2n) is 10.1. The second kappa shape index (κ2) is 9.03. The van der Waals surface area contributed by atoms with Gasteiger partial charge in [0.05, 0.1) is 30.1 Å². The van der Waals surface area contributed by atoms with E-state index in [1.54, 1.807) is 39.0 Å². The van der Waals surface area contributed by atoms with Crippen LogP contribution in [0.1, 0.15) is 52.5 Å². The smallest absolute Gasteiger partial charge is 0.310 e. The van der Waals surface area contributed by atoms with Crippen LogP contribution in [-0.4, -0.2) is 42.4 Å². The van der Waals surface area contributed by atoms with Crippen LogP contribution >= 0.6 is 11.6 Å². The zero-order valence-corrected chi connectivity index (χ0v) is 21.8. The van der Waals surface area contributed by atoms with Gasteiger partial charge in [-0.05, 0) is 58.2 Å². The van der Waals surface area contributed by atoms with Crippen LogP contribution in [0.15, 0.2) is 29.3 Å².